The van der Waals surface area contributed by atoms with E-state index in [1.54, 1.807) is 36.4 Å². The molecule has 30 heavy (non-hydrogen) atoms. The maximum atomic E-state index is 12.3. The van der Waals surface area contributed by atoms with Crippen molar-refractivity contribution in [3.63, 3.8) is 0 Å². The fourth-order valence-electron chi connectivity index (χ4n) is 2.54. The predicted octanol–water partition coefficient (Wildman–Crippen LogP) is 3.46. The van der Waals surface area contributed by atoms with Gasteiger partial charge in [0.1, 0.15) is 5.56 Å². The molecular formula is C22H25NO7. The molecule has 0 radical (unpaired) electrons. The molecule has 0 atom stereocenters. The number of ether oxygens (including phenoxy) is 4. The van der Waals surface area contributed by atoms with Crippen LogP contribution < -0.4 is 14.8 Å². The van der Waals surface area contributed by atoms with Crippen molar-refractivity contribution >= 4 is 23.5 Å². The molecule has 8 heteroatoms. The summed E-state index contributed by atoms with van der Waals surface area (Å²) in [6.07, 6.45) is 1.74. The average molecular weight is 415 g/mol. The zero-order valence-corrected chi connectivity index (χ0v) is 17.2. The third kappa shape index (κ3) is 6.23. The van der Waals surface area contributed by atoms with Gasteiger partial charge < -0.3 is 24.3 Å². The number of hydrogen-bond donors (Lipinski definition) is 1. The lowest BCUT2D eigenvalue weighted by Crippen LogP contribution is -2.21. The summed E-state index contributed by atoms with van der Waals surface area (Å²) in [5.74, 6) is -1.05. The van der Waals surface area contributed by atoms with Gasteiger partial charge in [-0.15, -0.1) is 0 Å². The summed E-state index contributed by atoms with van der Waals surface area (Å²) >= 11 is 0. The first-order valence-corrected chi connectivity index (χ1v) is 9.45. The normalized spacial score (nSPS) is 10.1. The molecule has 0 heterocycles. The van der Waals surface area contributed by atoms with Gasteiger partial charge in [0.2, 0.25) is 0 Å². The molecule has 0 aromatic heterocycles. The smallest absolute Gasteiger partial charge is 0.342 e. The molecule has 160 valence electrons. The van der Waals surface area contributed by atoms with E-state index in [1.807, 2.05) is 6.92 Å². The van der Waals surface area contributed by atoms with E-state index in [-0.39, 0.29) is 11.3 Å². The predicted molar refractivity (Wildman–Crippen MR) is 110 cm³/mol. The molecule has 1 amide bonds. The molecule has 0 aliphatic rings. The summed E-state index contributed by atoms with van der Waals surface area (Å²) in [5.41, 5.74) is 0.997. The number of para-hydroxylation sites is 1. The Morgan fingerprint density at radius 3 is 2.27 bits per heavy atom. The quantitative estimate of drug-likeness (QED) is 0.468. The van der Waals surface area contributed by atoms with Crippen LogP contribution in [0.4, 0.5) is 5.69 Å². The molecule has 1 N–H and O–H groups in total. The average Bonchev–Trinajstić information content (AvgIpc) is 2.77. The Bertz CT molecular complexity index is 878. The lowest BCUT2D eigenvalue weighted by atomic mass is 10.2. The zero-order valence-electron chi connectivity index (χ0n) is 17.2. The molecule has 8 nitrogen and oxygen atoms in total. The van der Waals surface area contributed by atoms with Crippen molar-refractivity contribution in [3.8, 4) is 11.5 Å². The highest BCUT2D eigenvalue weighted by Crippen LogP contribution is 2.31. The van der Waals surface area contributed by atoms with Crippen LogP contribution in [0.1, 0.15) is 40.5 Å². The van der Waals surface area contributed by atoms with Crippen molar-refractivity contribution in [1.82, 2.24) is 0 Å². The van der Waals surface area contributed by atoms with Gasteiger partial charge in [0.05, 0.1) is 26.4 Å². The molecule has 0 unspecified atom stereocenters. The van der Waals surface area contributed by atoms with Crippen molar-refractivity contribution in [2.75, 3.05) is 32.8 Å². The van der Waals surface area contributed by atoms with Crippen LogP contribution >= 0.6 is 0 Å². The number of nitrogens with one attached hydrogen (secondary N) is 1. The number of carbonyl (C=O) groups excluding carboxylic acids is 3. The highest BCUT2D eigenvalue weighted by Gasteiger charge is 2.18. The van der Waals surface area contributed by atoms with Crippen LogP contribution in [0.3, 0.4) is 0 Å². The Hall–Kier alpha value is -3.55. The summed E-state index contributed by atoms with van der Waals surface area (Å²) in [7, 11) is 2.86. The topological polar surface area (TPSA) is 100 Å². The first kappa shape index (κ1) is 22.7. The summed E-state index contributed by atoms with van der Waals surface area (Å²) < 4.78 is 20.5. The standard InChI is InChI=1S/C22H25NO7/c1-4-5-13-29-21(25)15-9-11-16(12-10-15)23-19(24)14-30-22(26)17-7-6-8-18(27-2)20(17)28-3/h6-12H,4-5,13-14H2,1-3H3,(H,23,24). The number of benzene rings is 2. The van der Waals surface area contributed by atoms with Crippen molar-refractivity contribution in [2.45, 2.75) is 19.8 Å². The number of methoxy groups -OCH3 is 2. The van der Waals surface area contributed by atoms with Crippen LogP contribution in [0.5, 0.6) is 11.5 Å². The number of hydrogen-bond acceptors (Lipinski definition) is 7. The van der Waals surface area contributed by atoms with E-state index in [1.165, 1.54) is 20.3 Å². The number of amides is 1. The summed E-state index contributed by atoms with van der Waals surface area (Å²) in [6.45, 7) is 1.90. The van der Waals surface area contributed by atoms with E-state index in [0.717, 1.165) is 12.8 Å². The van der Waals surface area contributed by atoms with Crippen molar-refractivity contribution in [2.24, 2.45) is 0 Å². The zero-order chi connectivity index (χ0) is 21.9. The minimum atomic E-state index is -0.717. The Morgan fingerprint density at radius 2 is 1.63 bits per heavy atom. The SMILES string of the molecule is CCCCOC(=O)c1ccc(NC(=O)COC(=O)c2cccc(OC)c2OC)cc1. The lowest BCUT2D eigenvalue weighted by molar-refractivity contribution is -0.119. The van der Waals surface area contributed by atoms with Gasteiger partial charge in [0, 0.05) is 5.69 Å². The second-order valence-corrected chi connectivity index (χ2v) is 6.23. The van der Waals surface area contributed by atoms with E-state index >= 15 is 0 Å². The second-order valence-electron chi connectivity index (χ2n) is 6.23. The Balaban J connectivity index is 1.89. The molecule has 2 rings (SSSR count). The van der Waals surface area contributed by atoms with Crippen LogP contribution in [-0.4, -0.2) is 45.3 Å². The maximum absolute atomic E-state index is 12.3. The van der Waals surface area contributed by atoms with E-state index in [9.17, 15) is 14.4 Å². The van der Waals surface area contributed by atoms with Crippen LogP contribution in [0.2, 0.25) is 0 Å². The lowest BCUT2D eigenvalue weighted by Gasteiger charge is -2.12. The van der Waals surface area contributed by atoms with E-state index in [4.69, 9.17) is 18.9 Å². The van der Waals surface area contributed by atoms with Crippen LogP contribution in [0.25, 0.3) is 0 Å². The van der Waals surface area contributed by atoms with Gasteiger partial charge in [-0.1, -0.05) is 19.4 Å². The Labute approximate surface area is 175 Å². The fraction of sp³-hybridized carbons (Fsp3) is 0.318. The molecule has 0 spiro atoms. The Morgan fingerprint density at radius 1 is 0.900 bits per heavy atom. The molecule has 0 bridgehead atoms. The molecule has 0 aliphatic carbocycles. The minimum Gasteiger partial charge on any atom is -0.493 e. The van der Waals surface area contributed by atoms with Gasteiger partial charge in [-0.25, -0.2) is 9.59 Å². The van der Waals surface area contributed by atoms with E-state index in [0.29, 0.717) is 23.6 Å². The largest absolute Gasteiger partial charge is 0.493 e. The van der Waals surface area contributed by atoms with Gasteiger partial charge in [-0.2, -0.15) is 0 Å². The summed E-state index contributed by atoms with van der Waals surface area (Å²) in [6, 6.07) is 11.0. The second kappa shape index (κ2) is 11.5. The highest BCUT2D eigenvalue weighted by atomic mass is 16.5. The van der Waals surface area contributed by atoms with Gasteiger partial charge in [-0.05, 0) is 42.8 Å². The van der Waals surface area contributed by atoms with Gasteiger partial charge in [0.15, 0.2) is 18.1 Å². The third-order valence-corrected chi connectivity index (χ3v) is 4.09. The van der Waals surface area contributed by atoms with Crippen LogP contribution in [0, 0.1) is 0 Å². The van der Waals surface area contributed by atoms with Crippen molar-refractivity contribution < 1.29 is 33.3 Å². The molecule has 0 saturated carbocycles. The monoisotopic (exact) mass is 415 g/mol. The first-order chi connectivity index (χ1) is 14.5. The number of rotatable bonds is 10. The molecule has 2 aromatic rings. The minimum absolute atomic E-state index is 0.149. The molecule has 0 saturated heterocycles. The molecule has 0 aliphatic heterocycles. The van der Waals surface area contributed by atoms with E-state index < -0.39 is 24.5 Å². The van der Waals surface area contributed by atoms with Crippen molar-refractivity contribution in [1.29, 1.82) is 0 Å². The van der Waals surface area contributed by atoms with Crippen LogP contribution in [0.15, 0.2) is 42.5 Å². The number of carbonyl (C=O) groups is 3. The number of esters is 2. The summed E-state index contributed by atoms with van der Waals surface area (Å²) in [4.78, 5) is 36.2. The molecular weight excluding hydrogens is 390 g/mol. The fourth-order valence-corrected chi connectivity index (χ4v) is 2.54. The van der Waals surface area contributed by atoms with Gasteiger partial charge in [0.25, 0.3) is 5.91 Å². The number of unbranched alkanes of at least 4 members (excludes halogenated alkanes) is 1. The highest BCUT2D eigenvalue weighted by molar-refractivity contribution is 5.97. The van der Waals surface area contributed by atoms with Gasteiger partial charge in [-0.3, -0.25) is 4.79 Å². The van der Waals surface area contributed by atoms with Crippen LogP contribution in [-0.2, 0) is 14.3 Å². The van der Waals surface area contributed by atoms with Crippen molar-refractivity contribution in [3.05, 3.63) is 53.6 Å². The molecule has 2 aromatic carbocycles. The summed E-state index contributed by atoms with van der Waals surface area (Å²) in [5, 5.41) is 2.59. The first-order valence-electron chi connectivity index (χ1n) is 9.45. The maximum Gasteiger partial charge on any atom is 0.342 e. The van der Waals surface area contributed by atoms with E-state index in [2.05, 4.69) is 5.32 Å². The molecule has 0 fully saturated rings. The Kier molecular flexibility index (Phi) is 8.68. The number of anilines is 1. The third-order valence-electron chi connectivity index (χ3n) is 4.09. The van der Waals surface area contributed by atoms with Gasteiger partial charge >= 0.3 is 11.9 Å².